The summed E-state index contributed by atoms with van der Waals surface area (Å²) in [5.74, 6) is 1.15. The lowest BCUT2D eigenvalue weighted by molar-refractivity contribution is 0.238. The van der Waals surface area contributed by atoms with E-state index in [0.29, 0.717) is 5.41 Å². The number of anilines is 1. The van der Waals surface area contributed by atoms with Crippen LogP contribution in [0.4, 0.5) is 5.82 Å². The molecule has 3 heteroatoms. The van der Waals surface area contributed by atoms with Crippen LogP contribution in [0.3, 0.4) is 0 Å². The lowest BCUT2D eigenvalue weighted by Gasteiger charge is -2.39. The smallest absolute Gasteiger partial charge is 0.128 e. The highest BCUT2D eigenvalue weighted by atomic mass is 15.2. The molecule has 0 saturated carbocycles. The molecule has 0 radical (unpaired) electrons. The lowest BCUT2D eigenvalue weighted by Crippen LogP contribution is -2.38. The van der Waals surface area contributed by atoms with E-state index >= 15 is 0 Å². The summed E-state index contributed by atoms with van der Waals surface area (Å²) >= 11 is 0. The van der Waals surface area contributed by atoms with Gasteiger partial charge in [0.25, 0.3) is 0 Å². The Hall–Kier alpha value is -1.09. The molecule has 1 N–H and O–H groups in total. The van der Waals surface area contributed by atoms with Crippen LogP contribution in [0.2, 0.25) is 0 Å². The molecular formula is C17H29N3. The molecule has 0 unspecified atom stereocenters. The van der Waals surface area contributed by atoms with Crippen LogP contribution >= 0.6 is 0 Å². The summed E-state index contributed by atoms with van der Waals surface area (Å²) in [6.45, 7) is 13.2. The third-order valence-electron chi connectivity index (χ3n) is 4.89. The van der Waals surface area contributed by atoms with Crippen molar-refractivity contribution in [1.82, 2.24) is 10.3 Å². The van der Waals surface area contributed by atoms with Gasteiger partial charge in [0.1, 0.15) is 5.82 Å². The van der Waals surface area contributed by atoms with Crippen LogP contribution in [-0.4, -0.2) is 24.6 Å². The van der Waals surface area contributed by atoms with Crippen LogP contribution in [-0.2, 0) is 6.54 Å². The minimum atomic E-state index is 0.538. The van der Waals surface area contributed by atoms with E-state index in [4.69, 9.17) is 4.98 Å². The van der Waals surface area contributed by atoms with Crippen molar-refractivity contribution in [1.29, 1.82) is 0 Å². The minimum absolute atomic E-state index is 0.538. The molecular weight excluding hydrogens is 246 g/mol. The predicted octanol–water partition coefficient (Wildman–Crippen LogP) is 3.52. The van der Waals surface area contributed by atoms with E-state index in [1.807, 2.05) is 0 Å². The van der Waals surface area contributed by atoms with E-state index in [1.54, 1.807) is 0 Å². The third kappa shape index (κ3) is 3.51. The van der Waals surface area contributed by atoms with Gasteiger partial charge in [-0.1, -0.05) is 33.3 Å². The molecule has 1 saturated heterocycles. The van der Waals surface area contributed by atoms with E-state index in [0.717, 1.165) is 37.7 Å². The van der Waals surface area contributed by atoms with Crippen molar-refractivity contribution in [3.8, 4) is 0 Å². The molecule has 0 aromatic carbocycles. The van der Waals surface area contributed by atoms with Gasteiger partial charge in [-0.15, -0.1) is 0 Å². The Labute approximate surface area is 123 Å². The van der Waals surface area contributed by atoms with Crippen LogP contribution in [0.1, 0.15) is 51.3 Å². The molecule has 2 heterocycles. The average molecular weight is 275 g/mol. The van der Waals surface area contributed by atoms with E-state index < -0.39 is 0 Å². The maximum atomic E-state index is 4.81. The maximum absolute atomic E-state index is 4.81. The monoisotopic (exact) mass is 275 g/mol. The fourth-order valence-electron chi connectivity index (χ4n) is 2.83. The molecule has 1 aromatic rings. The normalized spacial score (nSPS) is 18.3. The van der Waals surface area contributed by atoms with Crippen LogP contribution < -0.4 is 10.2 Å². The number of aryl methyl sites for hydroxylation is 1. The Morgan fingerprint density at radius 2 is 1.95 bits per heavy atom. The van der Waals surface area contributed by atoms with Crippen molar-refractivity contribution in [2.75, 3.05) is 24.5 Å². The Bertz CT molecular complexity index is 434. The standard InChI is InChI=1S/C17H29N3/c1-5-17(4)9-11-20(12-10-17)16-8-7-15(13-18-6-2)14(3)19-16/h7-8,18H,5-6,9-13H2,1-4H3. The van der Waals surface area contributed by atoms with E-state index in [1.165, 1.54) is 24.8 Å². The van der Waals surface area contributed by atoms with Crippen molar-refractivity contribution in [2.24, 2.45) is 5.41 Å². The summed E-state index contributed by atoms with van der Waals surface area (Å²) in [7, 11) is 0. The van der Waals surface area contributed by atoms with Crippen molar-refractivity contribution in [3.63, 3.8) is 0 Å². The summed E-state index contributed by atoms with van der Waals surface area (Å²) in [6.07, 6.45) is 3.85. The zero-order chi connectivity index (χ0) is 14.6. The largest absolute Gasteiger partial charge is 0.357 e. The SMILES string of the molecule is CCNCc1ccc(N2CCC(C)(CC)CC2)nc1C. The van der Waals surface area contributed by atoms with Gasteiger partial charge >= 0.3 is 0 Å². The second-order valence-electron chi connectivity index (χ2n) is 6.35. The van der Waals surface area contributed by atoms with Gasteiger partial charge in [0.2, 0.25) is 0 Å². The van der Waals surface area contributed by atoms with Gasteiger partial charge in [0.15, 0.2) is 0 Å². The van der Waals surface area contributed by atoms with Crippen molar-refractivity contribution in [3.05, 3.63) is 23.4 Å². The number of rotatable bonds is 5. The second kappa shape index (κ2) is 6.57. The maximum Gasteiger partial charge on any atom is 0.128 e. The Kier molecular flexibility index (Phi) is 5.03. The highest BCUT2D eigenvalue weighted by Crippen LogP contribution is 2.35. The van der Waals surface area contributed by atoms with Gasteiger partial charge in [0.05, 0.1) is 0 Å². The molecule has 2 rings (SSSR count). The van der Waals surface area contributed by atoms with Gasteiger partial charge in [0, 0.05) is 25.3 Å². The number of nitrogens with one attached hydrogen (secondary N) is 1. The Morgan fingerprint density at radius 3 is 2.50 bits per heavy atom. The number of hydrogen-bond donors (Lipinski definition) is 1. The van der Waals surface area contributed by atoms with Crippen molar-refractivity contribution < 1.29 is 0 Å². The first-order valence-corrected chi connectivity index (χ1v) is 8.00. The van der Waals surface area contributed by atoms with Gasteiger partial charge in [-0.2, -0.15) is 0 Å². The molecule has 0 aliphatic carbocycles. The Morgan fingerprint density at radius 1 is 1.25 bits per heavy atom. The number of piperidine rings is 1. The van der Waals surface area contributed by atoms with Crippen molar-refractivity contribution in [2.45, 2.75) is 53.5 Å². The highest BCUT2D eigenvalue weighted by molar-refractivity contribution is 5.42. The first kappa shape index (κ1) is 15.3. The lowest BCUT2D eigenvalue weighted by atomic mass is 9.78. The molecule has 0 bridgehead atoms. The quantitative estimate of drug-likeness (QED) is 0.891. The molecule has 1 aromatic heterocycles. The zero-order valence-electron chi connectivity index (χ0n) is 13.5. The fraction of sp³-hybridized carbons (Fsp3) is 0.706. The van der Waals surface area contributed by atoms with E-state index in [2.05, 4.69) is 50.0 Å². The third-order valence-corrected chi connectivity index (χ3v) is 4.89. The van der Waals surface area contributed by atoms with E-state index in [-0.39, 0.29) is 0 Å². The molecule has 20 heavy (non-hydrogen) atoms. The highest BCUT2D eigenvalue weighted by Gasteiger charge is 2.28. The number of aromatic nitrogens is 1. The molecule has 1 fully saturated rings. The summed E-state index contributed by atoms with van der Waals surface area (Å²) in [4.78, 5) is 7.26. The molecule has 112 valence electrons. The van der Waals surface area contributed by atoms with Crippen LogP contribution in [0.5, 0.6) is 0 Å². The van der Waals surface area contributed by atoms with Crippen LogP contribution in [0, 0.1) is 12.3 Å². The molecule has 0 atom stereocenters. The Balaban J connectivity index is 2.02. The summed E-state index contributed by atoms with van der Waals surface area (Å²) < 4.78 is 0. The second-order valence-corrected chi connectivity index (χ2v) is 6.35. The average Bonchev–Trinajstić information content (AvgIpc) is 2.47. The molecule has 3 nitrogen and oxygen atoms in total. The predicted molar refractivity (Wildman–Crippen MR) is 86.2 cm³/mol. The molecule has 1 aliphatic rings. The summed E-state index contributed by atoms with van der Waals surface area (Å²) in [5.41, 5.74) is 3.01. The molecule has 0 spiro atoms. The molecule has 0 amide bonds. The zero-order valence-corrected chi connectivity index (χ0v) is 13.5. The topological polar surface area (TPSA) is 28.2 Å². The first-order chi connectivity index (χ1) is 9.58. The van der Waals surface area contributed by atoms with Crippen molar-refractivity contribution >= 4 is 5.82 Å². The summed E-state index contributed by atoms with van der Waals surface area (Å²) in [5, 5.41) is 3.37. The first-order valence-electron chi connectivity index (χ1n) is 8.00. The van der Waals surface area contributed by atoms with Gasteiger partial charge in [-0.25, -0.2) is 4.98 Å². The van der Waals surface area contributed by atoms with Gasteiger partial charge < -0.3 is 10.2 Å². The van der Waals surface area contributed by atoms with Gasteiger partial charge in [-0.3, -0.25) is 0 Å². The number of hydrogen-bond acceptors (Lipinski definition) is 3. The fourth-order valence-corrected chi connectivity index (χ4v) is 2.83. The van der Waals surface area contributed by atoms with E-state index in [9.17, 15) is 0 Å². The summed E-state index contributed by atoms with van der Waals surface area (Å²) in [6, 6.07) is 4.42. The number of nitrogens with zero attached hydrogens (tertiary/aromatic N) is 2. The minimum Gasteiger partial charge on any atom is -0.357 e. The van der Waals surface area contributed by atoms with Gasteiger partial charge in [-0.05, 0) is 43.4 Å². The van der Waals surface area contributed by atoms with Crippen LogP contribution in [0.15, 0.2) is 12.1 Å². The number of pyridine rings is 1. The molecule has 1 aliphatic heterocycles. The van der Waals surface area contributed by atoms with Crippen LogP contribution in [0.25, 0.3) is 0 Å².